The van der Waals surface area contributed by atoms with Gasteiger partial charge in [0.15, 0.2) is 9.84 Å². The van der Waals surface area contributed by atoms with Crippen LogP contribution in [0.3, 0.4) is 0 Å². The first kappa shape index (κ1) is 12.0. The Balaban J connectivity index is 1.56. The van der Waals surface area contributed by atoms with E-state index in [1.807, 2.05) is 0 Å². The summed E-state index contributed by atoms with van der Waals surface area (Å²) in [5.41, 5.74) is 0. The molecule has 3 fully saturated rings. The quantitative estimate of drug-likeness (QED) is 0.836. The van der Waals surface area contributed by atoms with Crippen LogP contribution in [-0.2, 0) is 9.84 Å². The van der Waals surface area contributed by atoms with Gasteiger partial charge in [-0.25, -0.2) is 8.42 Å². The molecule has 17 heavy (non-hydrogen) atoms. The Labute approximate surface area is 104 Å². The molecule has 1 N–H and O–H groups in total. The van der Waals surface area contributed by atoms with Gasteiger partial charge >= 0.3 is 0 Å². The molecule has 0 spiro atoms. The summed E-state index contributed by atoms with van der Waals surface area (Å²) in [6.45, 7) is 0. The van der Waals surface area contributed by atoms with E-state index in [2.05, 4.69) is 0 Å². The van der Waals surface area contributed by atoms with E-state index in [0.717, 1.165) is 18.3 Å². The monoisotopic (exact) mass is 258 g/mol. The first-order valence-electron chi connectivity index (χ1n) is 6.92. The summed E-state index contributed by atoms with van der Waals surface area (Å²) in [7, 11) is -2.84. The van der Waals surface area contributed by atoms with Gasteiger partial charge in [0.25, 0.3) is 0 Å². The van der Waals surface area contributed by atoms with Crippen molar-refractivity contribution < 1.29 is 13.5 Å². The lowest BCUT2D eigenvalue weighted by Gasteiger charge is -2.26. The highest BCUT2D eigenvalue weighted by atomic mass is 32.2. The number of hydrogen-bond acceptors (Lipinski definition) is 3. The zero-order valence-corrected chi connectivity index (χ0v) is 11.0. The third kappa shape index (κ3) is 2.39. The number of aliphatic hydroxyl groups excluding tert-OH is 1. The Hall–Kier alpha value is -0.0900. The minimum atomic E-state index is -2.84. The van der Waals surface area contributed by atoms with Crippen molar-refractivity contribution in [3.63, 3.8) is 0 Å². The summed E-state index contributed by atoms with van der Waals surface area (Å²) in [5, 5.41) is 10.2. The molecular weight excluding hydrogens is 236 g/mol. The van der Waals surface area contributed by atoms with Gasteiger partial charge in [0, 0.05) is 0 Å². The minimum Gasteiger partial charge on any atom is -0.393 e. The van der Waals surface area contributed by atoms with E-state index >= 15 is 0 Å². The molecule has 0 amide bonds. The van der Waals surface area contributed by atoms with Crippen LogP contribution < -0.4 is 0 Å². The van der Waals surface area contributed by atoms with E-state index in [9.17, 15) is 13.5 Å². The van der Waals surface area contributed by atoms with E-state index in [0.29, 0.717) is 12.3 Å². The van der Waals surface area contributed by atoms with Crippen molar-refractivity contribution in [3.05, 3.63) is 0 Å². The van der Waals surface area contributed by atoms with E-state index in [4.69, 9.17) is 0 Å². The fourth-order valence-electron chi connectivity index (χ4n) is 4.30. The average molecular weight is 258 g/mol. The van der Waals surface area contributed by atoms with Crippen LogP contribution >= 0.6 is 0 Å². The van der Waals surface area contributed by atoms with Crippen molar-refractivity contribution in [1.82, 2.24) is 0 Å². The highest BCUT2D eigenvalue weighted by Gasteiger charge is 2.42. The largest absolute Gasteiger partial charge is 0.393 e. The summed E-state index contributed by atoms with van der Waals surface area (Å²) < 4.78 is 22.8. The third-order valence-corrected chi connectivity index (χ3v) is 7.03. The van der Waals surface area contributed by atoms with Crippen LogP contribution in [0.25, 0.3) is 0 Å². The lowest BCUT2D eigenvalue weighted by molar-refractivity contribution is 0.0802. The summed E-state index contributed by atoms with van der Waals surface area (Å²) >= 11 is 0. The molecular formula is C13H22O3S. The zero-order valence-electron chi connectivity index (χ0n) is 10.2. The van der Waals surface area contributed by atoms with Crippen LogP contribution in [0.4, 0.5) is 0 Å². The molecule has 0 radical (unpaired) electrons. The molecule has 4 heteroatoms. The Kier molecular flexibility index (Phi) is 2.98. The second-order valence-electron chi connectivity index (χ2n) is 6.40. The standard InChI is InChI=1S/C13H22O3S/c14-13(11-3-4-17(15,16)8-11)7-12-6-9-1-2-10(12)5-9/h9-14H,1-8H2. The van der Waals surface area contributed by atoms with Crippen LogP contribution in [-0.4, -0.2) is 31.1 Å². The van der Waals surface area contributed by atoms with Crippen molar-refractivity contribution >= 4 is 9.84 Å². The van der Waals surface area contributed by atoms with Gasteiger partial charge in [-0.3, -0.25) is 0 Å². The Morgan fingerprint density at radius 1 is 1.18 bits per heavy atom. The Morgan fingerprint density at radius 2 is 2.00 bits per heavy atom. The van der Waals surface area contributed by atoms with E-state index in [1.165, 1.54) is 25.7 Å². The molecule has 2 aliphatic carbocycles. The first-order chi connectivity index (χ1) is 8.03. The van der Waals surface area contributed by atoms with Crippen LogP contribution in [0.5, 0.6) is 0 Å². The van der Waals surface area contributed by atoms with Crippen LogP contribution in [0.2, 0.25) is 0 Å². The number of sulfone groups is 1. The zero-order chi connectivity index (χ0) is 12.0. The number of rotatable bonds is 3. The molecule has 0 aromatic heterocycles. The van der Waals surface area contributed by atoms with Gasteiger partial charge in [-0.15, -0.1) is 0 Å². The van der Waals surface area contributed by atoms with Gasteiger partial charge in [0.2, 0.25) is 0 Å². The van der Waals surface area contributed by atoms with Gasteiger partial charge in [-0.2, -0.15) is 0 Å². The van der Waals surface area contributed by atoms with Gasteiger partial charge in [-0.05, 0) is 55.8 Å². The van der Waals surface area contributed by atoms with Gasteiger partial charge in [0.05, 0.1) is 17.6 Å². The molecule has 98 valence electrons. The van der Waals surface area contributed by atoms with E-state index < -0.39 is 9.84 Å². The van der Waals surface area contributed by atoms with E-state index in [1.54, 1.807) is 0 Å². The molecule has 1 saturated heterocycles. The van der Waals surface area contributed by atoms with Gasteiger partial charge in [-0.1, -0.05) is 6.42 Å². The highest BCUT2D eigenvalue weighted by Crippen LogP contribution is 2.50. The molecule has 0 aromatic rings. The maximum Gasteiger partial charge on any atom is 0.150 e. The molecule has 3 rings (SSSR count). The predicted octanol–water partition coefficient (Wildman–Crippen LogP) is 1.61. The summed E-state index contributed by atoms with van der Waals surface area (Å²) in [6.07, 6.45) is 6.50. The SMILES string of the molecule is O=S1(=O)CCC(C(O)CC2CC3CCC2C3)C1. The smallest absolute Gasteiger partial charge is 0.150 e. The molecule has 1 aliphatic heterocycles. The van der Waals surface area contributed by atoms with Gasteiger partial charge in [0.1, 0.15) is 0 Å². The van der Waals surface area contributed by atoms with Gasteiger partial charge < -0.3 is 5.11 Å². The Bertz CT molecular complexity index is 389. The number of hydrogen-bond donors (Lipinski definition) is 1. The third-order valence-electron chi connectivity index (χ3n) is 5.24. The average Bonchev–Trinajstić information content (AvgIpc) is 2.92. The summed E-state index contributed by atoms with van der Waals surface area (Å²) in [6, 6.07) is 0. The van der Waals surface area contributed by atoms with Crippen molar-refractivity contribution in [2.24, 2.45) is 23.7 Å². The minimum absolute atomic E-state index is 0.0131. The summed E-state index contributed by atoms with van der Waals surface area (Å²) in [5.74, 6) is 2.92. The molecule has 0 aromatic carbocycles. The van der Waals surface area contributed by atoms with Crippen LogP contribution in [0, 0.1) is 23.7 Å². The van der Waals surface area contributed by atoms with Crippen molar-refractivity contribution in [1.29, 1.82) is 0 Å². The van der Waals surface area contributed by atoms with Crippen LogP contribution in [0.15, 0.2) is 0 Å². The maximum absolute atomic E-state index is 11.4. The molecule has 2 bridgehead atoms. The summed E-state index contributed by atoms with van der Waals surface area (Å²) in [4.78, 5) is 0. The lowest BCUT2D eigenvalue weighted by atomic mass is 9.82. The molecule has 1 heterocycles. The molecule has 3 nitrogen and oxygen atoms in total. The van der Waals surface area contributed by atoms with Crippen molar-refractivity contribution in [2.75, 3.05) is 11.5 Å². The molecule has 5 unspecified atom stereocenters. The van der Waals surface area contributed by atoms with Crippen molar-refractivity contribution in [3.8, 4) is 0 Å². The van der Waals surface area contributed by atoms with Crippen molar-refractivity contribution in [2.45, 2.75) is 44.6 Å². The molecule has 5 atom stereocenters. The van der Waals surface area contributed by atoms with E-state index in [-0.39, 0.29) is 23.5 Å². The molecule has 2 saturated carbocycles. The second-order valence-corrected chi connectivity index (χ2v) is 8.63. The second kappa shape index (κ2) is 4.23. The Morgan fingerprint density at radius 3 is 2.53 bits per heavy atom. The number of fused-ring (bicyclic) bond motifs is 2. The normalized spacial score (nSPS) is 45.2. The highest BCUT2D eigenvalue weighted by molar-refractivity contribution is 7.91. The van der Waals surface area contributed by atoms with Crippen LogP contribution in [0.1, 0.15) is 38.5 Å². The first-order valence-corrected chi connectivity index (χ1v) is 8.74. The lowest BCUT2D eigenvalue weighted by Crippen LogP contribution is -2.26. The molecule has 3 aliphatic rings. The predicted molar refractivity (Wildman–Crippen MR) is 66.3 cm³/mol. The number of aliphatic hydroxyl groups is 1. The fourth-order valence-corrected chi connectivity index (χ4v) is 6.16. The fraction of sp³-hybridized carbons (Fsp3) is 1.00. The maximum atomic E-state index is 11.4. The topological polar surface area (TPSA) is 54.4 Å².